The molecule has 1 aromatic heterocycles. The number of amides is 2. The minimum absolute atomic E-state index is 0.201. The third-order valence-electron chi connectivity index (χ3n) is 4.97. The molecule has 0 spiro atoms. The lowest BCUT2D eigenvalue weighted by Crippen LogP contribution is -2.41. The predicted octanol–water partition coefficient (Wildman–Crippen LogP) is 4.61. The summed E-state index contributed by atoms with van der Waals surface area (Å²) in [7, 11) is 1.74. The van der Waals surface area contributed by atoms with Gasteiger partial charge in [-0.3, -0.25) is 9.59 Å². The second-order valence-electron chi connectivity index (χ2n) is 7.38. The number of carbonyl (C=O) groups excluding carboxylic acids is 2. The van der Waals surface area contributed by atoms with Gasteiger partial charge in [0, 0.05) is 22.8 Å². The smallest absolute Gasteiger partial charge is 0.281 e. The van der Waals surface area contributed by atoms with Crippen LogP contribution in [-0.2, 0) is 11.3 Å². The summed E-state index contributed by atoms with van der Waals surface area (Å²) in [6.07, 6.45) is 0. The molecule has 0 aliphatic heterocycles. The highest BCUT2D eigenvalue weighted by molar-refractivity contribution is 14.1. The second kappa shape index (κ2) is 9.66. The number of nitrogen functional groups attached to an aromatic ring is 1. The number of halogens is 1. The molecule has 4 rings (SSSR count). The molecule has 1 atom stereocenters. The van der Waals surface area contributed by atoms with Crippen LogP contribution in [0.5, 0.6) is 0 Å². The molecule has 32 heavy (non-hydrogen) atoms. The van der Waals surface area contributed by atoms with Gasteiger partial charge in [-0.25, -0.2) is 4.98 Å². The van der Waals surface area contributed by atoms with Gasteiger partial charge in [-0.05, 0) is 64.0 Å². The van der Waals surface area contributed by atoms with Gasteiger partial charge < -0.3 is 16.0 Å². The lowest BCUT2D eigenvalue weighted by molar-refractivity contribution is -0.132. The van der Waals surface area contributed by atoms with Crippen molar-refractivity contribution in [2.75, 3.05) is 12.8 Å². The van der Waals surface area contributed by atoms with E-state index in [0.717, 1.165) is 13.8 Å². The van der Waals surface area contributed by atoms with Crippen LogP contribution in [0.4, 0.5) is 5.69 Å². The number of nitrogens with two attached hydrogens (primary N) is 1. The van der Waals surface area contributed by atoms with Crippen LogP contribution in [-0.4, -0.2) is 28.7 Å². The number of benzene rings is 3. The highest BCUT2D eigenvalue weighted by Crippen LogP contribution is 2.25. The van der Waals surface area contributed by atoms with Crippen molar-refractivity contribution in [3.05, 3.63) is 92.5 Å². The summed E-state index contributed by atoms with van der Waals surface area (Å²) in [5, 5.41) is 3.18. The molecule has 0 aliphatic carbocycles. The van der Waals surface area contributed by atoms with Crippen molar-refractivity contribution in [2.45, 2.75) is 12.6 Å². The lowest BCUT2D eigenvalue weighted by Gasteiger charge is -2.25. The number of hydrogen-bond acceptors (Lipinski definition) is 5. The number of rotatable bonds is 6. The van der Waals surface area contributed by atoms with Crippen molar-refractivity contribution < 1.29 is 9.59 Å². The third kappa shape index (κ3) is 5.08. The van der Waals surface area contributed by atoms with E-state index in [9.17, 15) is 9.59 Å². The zero-order valence-electron chi connectivity index (χ0n) is 17.3. The molecule has 162 valence electrons. The summed E-state index contributed by atoms with van der Waals surface area (Å²) in [5.41, 5.74) is 8.88. The van der Waals surface area contributed by atoms with E-state index in [0.29, 0.717) is 28.3 Å². The average Bonchev–Trinajstić information content (AvgIpc) is 3.22. The SMILES string of the molecule is CN(Cc1ccc(I)cc1)C(=O)[C@@H](NC(=O)c1nc2ccc(N)cc2s1)c1ccccc1. The van der Waals surface area contributed by atoms with Gasteiger partial charge in [0.1, 0.15) is 6.04 Å². The number of fused-ring (bicyclic) bond motifs is 1. The van der Waals surface area contributed by atoms with E-state index < -0.39 is 11.9 Å². The van der Waals surface area contributed by atoms with Gasteiger partial charge in [-0.2, -0.15) is 0 Å². The maximum absolute atomic E-state index is 13.4. The van der Waals surface area contributed by atoms with Crippen molar-refractivity contribution in [1.29, 1.82) is 0 Å². The highest BCUT2D eigenvalue weighted by Gasteiger charge is 2.27. The zero-order chi connectivity index (χ0) is 22.7. The van der Waals surface area contributed by atoms with Gasteiger partial charge in [0.25, 0.3) is 5.91 Å². The Balaban J connectivity index is 1.57. The molecule has 4 aromatic rings. The molecule has 0 radical (unpaired) electrons. The molecule has 1 heterocycles. The normalized spacial score (nSPS) is 11.8. The number of carbonyl (C=O) groups is 2. The third-order valence-corrected chi connectivity index (χ3v) is 6.71. The molecule has 0 bridgehead atoms. The number of thiazole rings is 1. The number of nitrogens with one attached hydrogen (secondary N) is 1. The molecule has 0 saturated carbocycles. The molecule has 3 N–H and O–H groups in total. The summed E-state index contributed by atoms with van der Waals surface area (Å²) in [6, 6.07) is 21.7. The molecule has 0 aliphatic rings. The Morgan fingerprint density at radius 1 is 1.09 bits per heavy atom. The van der Waals surface area contributed by atoms with Crippen molar-refractivity contribution in [2.24, 2.45) is 0 Å². The first-order chi connectivity index (χ1) is 15.4. The Kier molecular flexibility index (Phi) is 6.71. The van der Waals surface area contributed by atoms with E-state index >= 15 is 0 Å². The largest absolute Gasteiger partial charge is 0.399 e. The number of anilines is 1. The fourth-order valence-electron chi connectivity index (χ4n) is 3.33. The van der Waals surface area contributed by atoms with Crippen molar-refractivity contribution >= 4 is 61.6 Å². The van der Waals surface area contributed by atoms with Crippen LogP contribution in [0.15, 0.2) is 72.8 Å². The van der Waals surface area contributed by atoms with Gasteiger partial charge in [0.05, 0.1) is 10.2 Å². The summed E-state index contributed by atoms with van der Waals surface area (Å²) in [5.74, 6) is -0.594. The zero-order valence-corrected chi connectivity index (χ0v) is 20.3. The van der Waals surface area contributed by atoms with Crippen molar-refractivity contribution in [3.8, 4) is 0 Å². The van der Waals surface area contributed by atoms with Crippen LogP contribution in [0, 0.1) is 3.57 Å². The maximum Gasteiger partial charge on any atom is 0.281 e. The topological polar surface area (TPSA) is 88.3 Å². The monoisotopic (exact) mass is 556 g/mol. The molecule has 0 saturated heterocycles. The van der Waals surface area contributed by atoms with E-state index in [1.54, 1.807) is 30.1 Å². The molecule has 0 fully saturated rings. The number of nitrogens with zero attached hydrogens (tertiary/aromatic N) is 2. The lowest BCUT2D eigenvalue weighted by atomic mass is 10.1. The predicted molar refractivity (Wildman–Crippen MR) is 136 cm³/mol. The highest BCUT2D eigenvalue weighted by atomic mass is 127. The van der Waals surface area contributed by atoms with Crippen LogP contribution in [0.25, 0.3) is 10.2 Å². The Labute approximate surface area is 203 Å². The molecule has 2 amide bonds. The number of likely N-dealkylation sites (N-methyl/N-ethyl adjacent to an activating group) is 1. The Bertz CT molecular complexity index is 1260. The van der Waals surface area contributed by atoms with E-state index in [-0.39, 0.29) is 5.91 Å². The fraction of sp³-hybridized carbons (Fsp3) is 0.125. The number of hydrogen-bond donors (Lipinski definition) is 2. The average molecular weight is 556 g/mol. The summed E-state index contributed by atoms with van der Waals surface area (Å²) in [4.78, 5) is 32.4. The molecule has 8 heteroatoms. The van der Waals surface area contributed by atoms with E-state index in [2.05, 4.69) is 32.9 Å². The summed E-state index contributed by atoms with van der Waals surface area (Å²) < 4.78 is 1.96. The quantitative estimate of drug-likeness (QED) is 0.268. The number of aromatic nitrogens is 1. The van der Waals surface area contributed by atoms with Crippen molar-refractivity contribution in [1.82, 2.24) is 15.2 Å². The van der Waals surface area contributed by atoms with Crippen LogP contribution >= 0.6 is 33.9 Å². The van der Waals surface area contributed by atoms with Crippen molar-refractivity contribution in [3.63, 3.8) is 0 Å². The minimum Gasteiger partial charge on any atom is -0.399 e. The first-order valence-electron chi connectivity index (χ1n) is 9.92. The van der Waals surface area contributed by atoms with Crippen LogP contribution in [0.1, 0.15) is 27.0 Å². The van der Waals surface area contributed by atoms with E-state index in [1.807, 2.05) is 54.6 Å². The van der Waals surface area contributed by atoms with Gasteiger partial charge in [-0.15, -0.1) is 11.3 Å². The first-order valence-corrected chi connectivity index (χ1v) is 11.8. The molecule has 6 nitrogen and oxygen atoms in total. The van der Waals surface area contributed by atoms with Gasteiger partial charge in [-0.1, -0.05) is 42.5 Å². The van der Waals surface area contributed by atoms with Gasteiger partial charge >= 0.3 is 0 Å². The van der Waals surface area contributed by atoms with Gasteiger partial charge in [0.2, 0.25) is 5.91 Å². The maximum atomic E-state index is 13.4. The molecular weight excluding hydrogens is 535 g/mol. The Morgan fingerprint density at radius 2 is 1.81 bits per heavy atom. The summed E-state index contributed by atoms with van der Waals surface area (Å²) >= 11 is 3.50. The fourth-order valence-corrected chi connectivity index (χ4v) is 4.60. The van der Waals surface area contributed by atoms with Crippen LogP contribution < -0.4 is 11.1 Å². The molecular formula is C24H21IN4O2S. The van der Waals surface area contributed by atoms with Gasteiger partial charge in [0.15, 0.2) is 5.01 Å². The second-order valence-corrected chi connectivity index (χ2v) is 9.66. The van der Waals surface area contributed by atoms with Crippen LogP contribution in [0.3, 0.4) is 0 Å². The Hall–Kier alpha value is -2.98. The molecule has 0 unspecified atom stereocenters. The van der Waals surface area contributed by atoms with Crippen LogP contribution in [0.2, 0.25) is 0 Å². The minimum atomic E-state index is -0.824. The molecule has 3 aromatic carbocycles. The van der Waals surface area contributed by atoms with E-state index in [1.165, 1.54) is 11.3 Å². The first kappa shape index (κ1) is 22.2. The standard InChI is InChI=1S/C24H21IN4O2S/c1-29(14-15-7-9-17(25)10-8-15)24(31)21(16-5-3-2-4-6-16)28-22(30)23-27-19-12-11-18(26)13-20(19)32-23/h2-13,21H,14,26H2,1H3,(H,28,30)/t21-/m0/s1. The Morgan fingerprint density at radius 3 is 2.53 bits per heavy atom. The summed E-state index contributed by atoms with van der Waals surface area (Å²) in [6.45, 7) is 0.440. The van der Waals surface area contributed by atoms with E-state index in [4.69, 9.17) is 5.73 Å².